The largest absolute Gasteiger partial charge is 0.397 e. The molecular weight excluding hydrogens is 270 g/mol. The lowest BCUT2D eigenvalue weighted by atomic mass is 10.0. The number of thiophene rings is 1. The zero-order valence-corrected chi connectivity index (χ0v) is 11.6. The number of aromatic nitrogens is 2. The maximum atomic E-state index is 5.89. The number of fused-ring (bicyclic) bond motifs is 1. The average Bonchev–Trinajstić information content (AvgIpc) is 3.15. The lowest BCUT2D eigenvalue weighted by Gasteiger charge is -2.05. The molecule has 0 saturated heterocycles. The van der Waals surface area contributed by atoms with Crippen LogP contribution in [0.3, 0.4) is 0 Å². The molecule has 1 atom stereocenters. The highest BCUT2D eigenvalue weighted by atomic mass is 32.1. The Kier molecular flexibility index (Phi) is 2.60. The van der Waals surface area contributed by atoms with Gasteiger partial charge in [0.05, 0.1) is 5.69 Å². The topological polar surface area (TPSA) is 64.9 Å². The molecule has 100 valence electrons. The molecule has 1 aliphatic carbocycles. The molecule has 0 saturated carbocycles. The van der Waals surface area contributed by atoms with E-state index in [1.54, 1.807) is 0 Å². The summed E-state index contributed by atoms with van der Waals surface area (Å²) in [6, 6.07) is 10.3. The maximum Gasteiger partial charge on any atom is 0.270 e. The van der Waals surface area contributed by atoms with Crippen LogP contribution in [-0.2, 0) is 6.42 Å². The molecule has 4 rings (SSSR count). The first-order valence-corrected chi connectivity index (χ1v) is 7.45. The van der Waals surface area contributed by atoms with Crippen LogP contribution in [0.15, 0.2) is 40.2 Å². The first kappa shape index (κ1) is 11.7. The molecule has 0 bridgehead atoms. The van der Waals surface area contributed by atoms with Crippen molar-refractivity contribution in [2.24, 2.45) is 0 Å². The monoisotopic (exact) mass is 283 g/mol. The second kappa shape index (κ2) is 4.45. The van der Waals surface area contributed by atoms with Crippen molar-refractivity contribution in [1.82, 2.24) is 10.1 Å². The molecule has 0 aliphatic heterocycles. The quantitative estimate of drug-likeness (QED) is 0.782. The van der Waals surface area contributed by atoms with E-state index >= 15 is 0 Å². The number of benzene rings is 1. The van der Waals surface area contributed by atoms with Gasteiger partial charge in [-0.2, -0.15) is 4.98 Å². The van der Waals surface area contributed by atoms with Gasteiger partial charge in [-0.05, 0) is 35.4 Å². The highest BCUT2D eigenvalue weighted by Gasteiger charge is 2.28. The Morgan fingerprint density at radius 3 is 3.00 bits per heavy atom. The van der Waals surface area contributed by atoms with Gasteiger partial charge in [0.1, 0.15) is 4.88 Å². The fourth-order valence-electron chi connectivity index (χ4n) is 2.79. The van der Waals surface area contributed by atoms with Gasteiger partial charge in [0.2, 0.25) is 0 Å². The third-order valence-electron chi connectivity index (χ3n) is 3.78. The number of rotatable bonds is 2. The lowest BCUT2D eigenvalue weighted by Crippen LogP contribution is -1.98. The summed E-state index contributed by atoms with van der Waals surface area (Å²) in [5.41, 5.74) is 9.29. The molecule has 0 spiro atoms. The molecule has 1 unspecified atom stereocenters. The van der Waals surface area contributed by atoms with E-state index in [2.05, 4.69) is 34.4 Å². The van der Waals surface area contributed by atoms with E-state index in [0.717, 1.165) is 23.5 Å². The minimum atomic E-state index is 0.241. The van der Waals surface area contributed by atoms with Crippen molar-refractivity contribution >= 4 is 17.0 Å². The Labute approximate surface area is 120 Å². The standard InChI is InChI=1S/C15H13N3OS/c16-12-7-8-20-13(12)15-17-14(18-19-15)11-6-5-9-3-1-2-4-10(9)11/h1-4,7-8,11H,5-6,16H2. The van der Waals surface area contributed by atoms with Crippen LogP contribution >= 0.6 is 11.3 Å². The van der Waals surface area contributed by atoms with Crippen LogP contribution in [0.4, 0.5) is 5.69 Å². The van der Waals surface area contributed by atoms with Crippen LogP contribution < -0.4 is 5.73 Å². The fraction of sp³-hybridized carbons (Fsp3) is 0.200. The van der Waals surface area contributed by atoms with Gasteiger partial charge in [0.15, 0.2) is 5.82 Å². The molecule has 2 aromatic heterocycles. The van der Waals surface area contributed by atoms with Crippen LogP contribution in [0.5, 0.6) is 0 Å². The van der Waals surface area contributed by atoms with E-state index in [0.29, 0.717) is 11.6 Å². The van der Waals surface area contributed by atoms with Crippen LogP contribution in [0.2, 0.25) is 0 Å². The Morgan fingerprint density at radius 1 is 1.25 bits per heavy atom. The minimum Gasteiger partial charge on any atom is -0.397 e. The van der Waals surface area contributed by atoms with Crippen molar-refractivity contribution in [2.45, 2.75) is 18.8 Å². The normalized spacial score (nSPS) is 17.3. The van der Waals surface area contributed by atoms with Crippen LogP contribution in [-0.4, -0.2) is 10.1 Å². The van der Waals surface area contributed by atoms with E-state index in [1.165, 1.54) is 22.5 Å². The van der Waals surface area contributed by atoms with Crippen molar-refractivity contribution in [1.29, 1.82) is 0 Å². The van der Waals surface area contributed by atoms with Gasteiger partial charge < -0.3 is 10.3 Å². The Bertz CT molecular complexity index is 762. The molecule has 20 heavy (non-hydrogen) atoms. The number of nitrogens with zero attached hydrogens (tertiary/aromatic N) is 2. The number of aryl methyl sites for hydroxylation is 1. The van der Waals surface area contributed by atoms with Gasteiger partial charge in [0.25, 0.3) is 5.89 Å². The molecule has 5 heteroatoms. The molecule has 0 amide bonds. The molecule has 1 aromatic carbocycles. The van der Waals surface area contributed by atoms with Gasteiger partial charge in [0, 0.05) is 5.92 Å². The van der Waals surface area contributed by atoms with Gasteiger partial charge in [-0.25, -0.2) is 0 Å². The van der Waals surface area contributed by atoms with Gasteiger partial charge >= 0.3 is 0 Å². The molecule has 3 aromatic rings. The Balaban J connectivity index is 1.72. The van der Waals surface area contributed by atoms with Crippen molar-refractivity contribution in [3.8, 4) is 10.8 Å². The second-order valence-corrected chi connectivity index (χ2v) is 5.87. The van der Waals surface area contributed by atoms with Gasteiger partial charge in [-0.15, -0.1) is 11.3 Å². The first-order valence-electron chi connectivity index (χ1n) is 6.57. The maximum absolute atomic E-state index is 5.89. The van der Waals surface area contributed by atoms with E-state index in [4.69, 9.17) is 10.3 Å². The summed E-state index contributed by atoms with van der Waals surface area (Å²) in [5, 5.41) is 6.09. The zero-order chi connectivity index (χ0) is 13.5. The lowest BCUT2D eigenvalue weighted by molar-refractivity contribution is 0.420. The van der Waals surface area contributed by atoms with Crippen LogP contribution in [0.25, 0.3) is 10.8 Å². The van der Waals surface area contributed by atoms with E-state index < -0.39 is 0 Å². The molecule has 0 fully saturated rings. The molecule has 4 nitrogen and oxygen atoms in total. The van der Waals surface area contributed by atoms with E-state index in [9.17, 15) is 0 Å². The van der Waals surface area contributed by atoms with Crippen LogP contribution in [0, 0.1) is 0 Å². The molecule has 0 radical (unpaired) electrons. The molecular formula is C15H13N3OS. The van der Waals surface area contributed by atoms with Crippen molar-refractivity contribution in [3.05, 3.63) is 52.7 Å². The minimum absolute atomic E-state index is 0.241. The average molecular weight is 283 g/mol. The van der Waals surface area contributed by atoms with Gasteiger partial charge in [-0.1, -0.05) is 29.4 Å². The number of nitrogen functional groups attached to an aromatic ring is 1. The van der Waals surface area contributed by atoms with Crippen molar-refractivity contribution in [3.63, 3.8) is 0 Å². The summed E-state index contributed by atoms with van der Waals surface area (Å²) in [6.45, 7) is 0. The number of hydrogen-bond donors (Lipinski definition) is 1. The highest BCUT2D eigenvalue weighted by Crippen LogP contribution is 2.38. The third-order valence-corrected chi connectivity index (χ3v) is 4.69. The molecule has 1 aliphatic rings. The summed E-state index contributed by atoms with van der Waals surface area (Å²) in [4.78, 5) is 5.40. The summed E-state index contributed by atoms with van der Waals surface area (Å²) in [6.07, 6.45) is 2.12. The predicted octanol–water partition coefficient (Wildman–Crippen LogP) is 3.46. The number of anilines is 1. The summed E-state index contributed by atoms with van der Waals surface area (Å²) < 4.78 is 5.39. The highest BCUT2D eigenvalue weighted by molar-refractivity contribution is 7.14. The second-order valence-electron chi connectivity index (χ2n) is 4.95. The molecule has 2 N–H and O–H groups in total. The van der Waals surface area contributed by atoms with Crippen molar-refractivity contribution < 1.29 is 4.52 Å². The summed E-state index contributed by atoms with van der Waals surface area (Å²) in [7, 11) is 0. The smallest absolute Gasteiger partial charge is 0.270 e. The fourth-order valence-corrected chi connectivity index (χ4v) is 3.53. The summed E-state index contributed by atoms with van der Waals surface area (Å²) in [5.74, 6) is 1.53. The van der Waals surface area contributed by atoms with Crippen molar-refractivity contribution in [2.75, 3.05) is 5.73 Å². The SMILES string of the molecule is Nc1ccsc1-c1nc(C2CCc3ccccc32)no1. The molecule has 2 heterocycles. The number of hydrogen-bond acceptors (Lipinski definition) is 5. The predicted molar refractivity (Wildman–Crippen MR) is 78.6 cm³/mol. The van der Waals surface area contributed by atoms with Gasteiger partial charge in [-0.3, -0.25) is 0 Å². The first-order chi connectivity index (χ1) is 9.83. The zero-order valence-electron chi connectivity index (χ0n) is 10.7. The third kappa shape index (κ3) is 1.74. The summed E-state index contributed by atoms with van der Waals surface area (Å²) >= 11 is 1.52. The van der Waals surface area contributed by atoms with Crippen LogP contribution in [0.1, 0.15) is 29.3 Å². The number of nitrogens with two attached hydrogens (primary N) is 1. The van der Waals surface area contributed by atoms with E-state index in [-0.39, 0.29) is 5.92 Å². The Morgan fingerprint density at radius 2 is 2.15 bits per heavy atom. The Hall–Kier alpha value is -2.14. The van der Waals surface area contributed by atoms with E-state index in [1.807, 2.05) is 11.4 Å².